The van der Waals surface area contributed by atoms with E-state index < -0.39 is 5.60 Å². The number of hydrogen-bond acceptors (Lipinski definition) is 2. The van der Waals surface area contributed by atoms with Gasteiger partial charge in [-0.2, -0.15) is 0 Å². The fourth-order valence-electron chi connectivity index (χ4n) is 1.70. The van der Waals surface area contributed by atoms with Gasteiger partial charge in [0.2, 0.25) is 0 Å². The van der Waals surface area contributed by atoms with Crippen LogP contribution in [0.4, 0.5) is 0 Å². The second-order valence-electron chi connectivity index (χ2n) is 3.59. The third kappa shape index (κ3) is 5.78. The van der Waals surface area contributed by atoms with E-state index in [-0.39, 0.29) is 41.7 Å². The van der Waals surface area contributed by atoms with Crippen LogP contribution in [0.5, 0.6) is 0 Å². The first-order valence-corrected chi connectivity index (χ1v) is 5.34. The van der Waals surface area contributed by atoms with Crippen molar-refractivity contribution < 1.29 is 46.9 Å². The third-order valence-corrected chi connectivity index (χ3v) is 2.40. The molecule has 1 N–H and O–H groups in total. The van der Waals surface area contributed by atoms with Crippen LogP contribution in [0.1, 0.15) is 53.4 Å². The van der Waals surface area contributed by atoms with E-state index in [1.165, 1.54) is 0 Å². The van der Waals surface area contributed by atoms with Gasteiger partial charge in [0.25, 0.3) is 0 Å². The van der Waals surface area contributed by atoms with Gasteiger partial charge >= 0.3 is 0 Å². The Labute approximate surface area is 122 Å². The van der Waals surface area contributed by atoms with E-state index in [9.17, 15) is 5.11 Å². The number of rotatable bonds is 6. The van der Waals surface area contributed by atoms with E-state index >= 15 is 0 Å². The zero-order chi connectivity index (χ0) is 10.3. The Balaban J connectivity index is 0. The molecule has 0 saturated heterocycles. The Hall–Kier alpha value is 1.01. The summed E-state index contributed by atoms with van der Waals surface area (Å²) < 4.78 is 0. The molecule has 2 nitrogen and oxygen atoms in total. The molecule has 0 unspecified atom stereocenters. The predicted octanol–water partition coefficient (Wildman–Crippen LogP) is 2.80. The third-order valence-electron chi connectivity index (χ3n) is 2.40. The molecule has 82 valence electrons. The molecule has 0 aliphatic heterocycles. The minimum absolute atomic E-state index is 0. The maximum Gasteiger partial charge on any atom is 0.102 e. The summed E-state index contributed by atoms with van der Waals surface area (Å²) in [6, 6.07) is 0. The molecule has 0 spiro atoms. The van der Waals surface area contributed by atoms with Crippen molar-refractivity contribution >= 4 is 5.71 Å². The van der Waals surface area contributed by atoms with Gasteiger partial charge in [0.05, 0.1) is 0 Å². The van der Waals surface area contributed by atoms with E-state index in [0.717, 1.165) is 37.9 Å². The largest absolute Gasteiger partial charge is 0.384 e. The maximum absolute atomic E-state index is 10.3. The van der Waals surface area contributed by atoms with E-state index in [2.05, 4.69) is 18.8 Å². The van der Waals surface area contributed by atoms with Gasteiger partial charge in [-0.15, -0.1) is 0 Å². The predicted molar refractivity (Wildman–Crippen MR) is 58.4 cm³/mol. The van der Waals surface area contributed by atoms with Crippen molar-refractivity contribution in [1.29, 1.82) is 0 Å². The molecule has 0 aromatic heterocycles. The van der Waals surface area contributed by atoms with E-state index in [1.54, 1.807) is 0 Å². The molecule has 3 heteroatoms. The fourth-order valence-corrected chi connectivity index (χ4v) is 1.70. The Morgan fingerprint density at radius 2 is 1.57 bits per heavy atom. The molecule has 0 amide bonds. The zero-order valence-corrected chi connectivity index (χ0v) is 13.1. The molecule has 0 bridgehead atoms. The normalized spacial score (nSPS) is 12.5. The number of aliphatic hydroxyl groups is 1. The maximum atomic E-state index is 10.3. The Morgan fingerprint density at radius 3 is 1.86 bits per heavy atom. The first-order valence-electron chi connectivity index (χ1n) is 5.34. The number of aliphatic imine (C=N–C) groups is 1. The molecule has 0 saturated carbocycles. The summed E-state index contributed by atoms with van der Waals surface area (Å²) in [4.78, 5) is 4.30. The summed E-state index contributed by atoms with van der Waals surface area (Å²) in [7, 11) is 0. The van der Waals surface area contributed by atoms with Gasteiger partial charge in [-0.05, 0) is 26.7 Å². The van der Waals surface area contributed by atoms with Gasteiger partial charge < -0.3 is 5.11 Å². The zero-order valence-electron chi connectivity index (χ0n) is 9.93. The average molecular weight is 325 g/mol. The standard InChI is InChI=1S/C11H23NO.Ce/c1-5-8-11(13,9-6-2)10(4)12-7-3;/h13H,5-9H2,1-4H3;. The topological polar surface area (TPSA) is 32.6 Å². The molecule has 0 aliphatic carbocycles. The molecular formula is C11H23CeNO. The fraction of sp³-hybridized carbons (Fsp3) is 0.909. The Bertz CT molecular complexity index is 163. The van der Waals surface area contributed by atoms with E-state index in [0.29, 0.717) is 0 Å². The van der Waals surface area contributed by atoms with Crippen molar-refractivity contribution in [3.05, 3.63) is 0 Å². The Kier molecular flexibility index (Phi) is 11.5. The molecule has 0 heterocycles. The van der Waals surface area contributed by atoms with Crippen molar-refractivity contribution in [2.24, 2.45) is 4.99 Å². The molecule has 0 fully saturated rings. The SMILES string of the molecule is CCCC(O)(CCC)C(C)=NCC.[Ce]. The average Bonchev–Trinajstić information content (AvgIpc) is 2.05. The molecule has 0 rings (SSSR count). The van der Waals surface area contributed by atoms with Crippen molar-refractivity contribution in [3.8, 4) is 0 Å². The van der Waals surface area contributed by atoms with Crippen LogP contribution in [0.25, 0.3) is 0 Å². The first kappa shape index (κ1) is 17.4. The minimum atomic E-state index is -0.639. The van der Waals surface area contributed by atoms with Crippen molar-refractivity contribution in [3.63, 3.8) is 0 Å². The van der Waals surface area contributed by atoms with Crippen molar-refractivity contribution in [2.75, 3.05) is 6.54 Å². The summed E-state index contributed by atoms with van der Waals surface area (Å²) >= 11 is 0. The summed E-state index contributed by atoms with van der Waals surface area (Å²) in [5, 5.41) is 10.3. The quantitative estimate of drug-likeness (QED) is 0.749. The van der Waals surface area contributed by atoms with Gasteiger partial charge in [0.15, 0.2) is 0 Å². The van der Waals surface area contributed by atoms with Crippen LogP contribution in [0.2, 0.25) is 0 Å². The van der Waals surface area contributed by atoms with E-state index in [1.807, 2.05) is 13.8 Å². The summed E-state index contributed by atoms with van der Waals surface area (Å²) in [6.45, 7) is 8.90. The smallest absolute Gasteiger partial charge is 0.102 e. The van der Waals surface area contributed by atoms with Crippen LogP contribution in [0, 0.1) is 41.7 Å². The minimum Gasteiger partial charge on any atom is -0.384 e. The molecule has 0 aromatic rings. The van der Waals surface area contributed by atoms with Gasteiger partial charge in [-0.1, -0.05) is 26.7 Å². The molecular weight excluding hydrogens is 302 g/mol. The van der Waals surface area contributed by atoms with Crippen LogP contribution >= 0.6 is 0 Å². The first-order chi connectivity index (χ1) is 6.10. The molecule has 0 radical (unpaired) electrons. The van der Waals surface area contributed by atoms with Crippen LogP contribution in [0.15, 0.2) is 4.99 Å². The second kappa shape index (κ2) is 9.25. The summed E-state index contributed by atoms with van der Waals surface area (Å²) in [6.07, 6.45) is 3.67. The van der Waals surface area contributed by atoms with Gasteiger partial charge in [-0.3, -0.25) is 4.99 Å². The monoisotopic (exact) mass is 325 g/mol. The van der Waals surface area contributed by atoms with Crippen LogP contribution in [0.3, 0.4) is 0 Å². The van der Waals surface area contributed by atoms with Gasteiger partial charge in [-0.25, -0.2) is 0 Å². The van der Waals surface area contributed by atoms with E-state index in [4.69, 9.17) is 0 Å². The molecule has 0 aliphatic rings. The summed E-state index contributed by atoms with van der Waals surface area (Å²) in [5.41, 5.74) is 0.262. The van der Waals surface area contributed by atoms with Crippen LogP contribution < -0.4 is 0 Å². The Morgan fingerprint density at radius 1 is 1.14 bits per heavy atom. The second-order valence-corrected chi connectivity index (χ2v) is 3.59. The van der Waals surface area contributed by atoms with Gasteiger partial charge in [0.1, 0.15) is 5.60 Å². The molecule has 0 atom stereocenters. The number of nitrogens with zero attached hydrogens (tertiary/aromatic N) is 1. The van der Waals surface area contributed by atoms with Crippen molar-refractivity contribution in [1.82, 2.24) is 0 Å². The van der Waals surface area contributed by atoms with Gasteiger partial charge in [0, 0.05) is 54.0 Å². The van der Waals surface area contributed by atoms with Crippen LogP contribution in [-0.4, -0.2) is 23.0 Å². The van der Waals surface area contributed by atoms with Crippen molar-refractivity contribution in [2.45, 2.75) is 59.0 Å². The molecule has 14 heavy (non-hydrogen) atoms. The number of hydrogen-bond donors (Lipinski definition) is 1. The molecule has 0 aromatic carbocycles. The summed E-state index contributed by atoms with van der Waals surface area (Å²) in [5.74, 6) is 0. The van der Waals surface area contributed by atoms with Crippen LogP contribution in [-0.2, 0) is 0 Å².